The Morgan fingerprint density at radius 3 is 2.29 bits per heavy atom. The van der Waals surface area contributed by atoms with Crippen molar-refractivity contribution in [3.05, 3.63) is 59.9 Å². The first-order valence-corrected chi connectivity index (χ1v) is 8.17. The minimum atomic E-state index is -0.313. The number of rotatable bonds is 5. The summed E-state index contributed by atoms with van der Waals surface area (Å²) in [7, 11) is 1.66. The van der Waals surface area contributed by atoms with E-state index in [1.165, 1.54) is 22.7 Å². The van der Waals surface area contributed by atoms with Crippen molar-refractivity contribution in [2.45, 2.75) is 0 Å². The molecule has 1 saturated heterocycles. The Morgan fingerprint density at radius 1 is 1.08 bits per heavy atom. The number of anilines is 1. The summed E-state index contributed by atoms with van der Waals surface area (Å²) in [5.41, 5.74) is 1.76. The van der Waals surface area contributed by atoms with Gasteiger partial charge in [-0.25, -0.2) is 4.39 Å². The van der Waals surface area contributed by atoms with Gasteiger partial charge in [0, 0.05) is 11.3 Å². The Balaban J connectivity index is 1.52. The lowest BCUT2D eigenvalue weighted by atomic mass is 10.1. The standard InChI is InChI=1S/C19H21FN2O2/c1-24-18-8-6-17(7-9-18)22-12-10-21(11-13-22)14-19(23)15-2-4-16(20)5-3-15/h2-9H,10-14H2,1H3/p+1. The molecule has 0 unspecified atom stereocenters. The number of carbonyl (C=O) groups is 1. The topological polar surface area (TPSA) is 34.0 Å². The number of benzene rings is 2. The average Bonchev–Trinajstić information content (AvgIpc) is 2.63. The van der Waals surface area contributed by atoms with Gasteiger partial charge in [-0.2, -0.15) is 0 Å². The van der Waals surface area contributed by atoms with Gasteiger partial charge < -0.3 is 14.5 Å². The molecule has 2 aromatic rings. The van der Waals surface area contributed by atoms with E-state index in [4.69, 9.17) is 4.74 Å². The fourth-order valence-corrected chi connectivity index (χ4v) is 3.02. The molecule has 5 heteroatoms. The minimum Gasteiger partial charge on any atom is -0.497 e. The molecule has 0 aliphatic carbocycles. The molecule has 1 heterocycles. The van der Waals surface area contributed by atoms with Crippen molar-refractivity contribution in [3.63, 3.8) is 0 Å². The van der Waals surface area contributed by atoms with Crippen LogP contribution in [-0.2, 0) is 0 Å². The number of Topliss-reactive ketones (excluding diaryl/α,β-unsaturated/α-hetero) is 1. The van der Waals surface area contributed by atoms with Gasteiger partial charge in [-0.15, -0.1) is 0 Å². The Hall–Kier alpha value is -2.40. The number of halogens is 1. The molecule has 126 valence electrons. The molecule has 0 amide bonds. The van der Waals surface area contributed by atoms with Crippen molar-refractivity contribution in [2.24, 2.45) is 0 Å². The highest BCUT2D eigenvalue weighted by Crippen LogP contribution is 2.18. The van der Waals surface area contributed by atoms with Gasteiger partial charge in [0.1, 0.15) is 18.1 Å². The molecule has 0 atom stereocenters. The quantitative estimate of drug-likeness (QED) is 0.843. The van der Waals surface area contributed by atoms with Crippen LogP contribution in [0.4, 0.5) is 10.1 Å². The van der Waals surface area contributed by atoms with E-state index in [1.807, 2.05) is 12.1 Å². The lowest BCUT2D eigenvalue weighted by Gasteiger charge is -2.33. The molecular weight excluding hydrogens is 307 g/mol. The smallest absolute Gasteiger partial charge is 0.216 e. The fraction of sp³-hybridized carbons (Fsp3) is 0.316. The van der Waals surface area contributed by atoms with Crippen LogP contribution in [0.25, 0.3) is 0 Å². The maximum atomic E-state index is 12.9. The lowest BCUT2D eigenvalue weighted by molar-refractivity contribution is -0.892. The third kappa shape index (κ3) is 3.92. The van der Waals surface area contributed by atoms with Crippen molar-refractivity contribution < 1.29 is 18.8 Å². The van der Waals surface area contributed by atoms with Crippen molar-refractivity contribution in [2.75, 3.05) is 44.7 Å². The summed E-state index contributed by atoms with van der Waals surface area (Å²) in [5.74, 6) is 0.614. The molecule has 4 nitrogen and oxygen atoms in total. The fourth-order valence-electron chi connectivity index (χ4n) is 3.02. The molecule has 1 N–H and O–H groups in total. The average molecular weight is 329 g/mol. The van der Waals surface area contributed by atoms with Gasteiger partial charge in [0.25, 0.3) is 0 Å². The van der Waals surface area contributed by atoms with E-state index >= 15 is 0 Å². The Kier molecular flexibility index (Phi) is 5.11. The zero-order chi connectivity index (χ0) is 16.9. The van der Waals surface area contributed by atoms with Gasteiger partial charge in [0.15, 0.2) is 0 Å². The minimum absolute atomic E-state index is 0.0721. The monoisotopic (exact) mass is 329 g/mol. The van der Waals surface area contributed by atoms with E-state index in [-0.39, 0.29) is 11.6 Å². The molecule has 1 aliphatic rings. The first-order valence-electron chi connectivity index (χ1n) is 8.17. The van der Waals surface area contributed by atoms with Crippen molar-refractivity contribution in [3.8, 4) is 5.75 Å². The van der Waals surface area contributed by atoms with E-state index in [1.54, 1.807) is 19.2 Å². The first-order chi connectivity index (χ1) is 11.7. The first kappa shape index (κ1) is 16.5. The Bertz CT molecular complexity index is 678. The van der Waals surface area contributed by atoms with Crippen molar-refractivity contribution in [1.29, 1.82) is 0 Å². The number of hydrogen-bond acceptors (Lipinski definition) is 3. The second-order valence-electron chi connectivity index (χ2n) is 6.04. The van der Waals surface area contributed by atoms with E-state index < -0.39 is 0 Å². The van der Waals surface area contributed by atoms with E-state index in [9.17, 15) is 9.18 Å². The predicted molar refractivity (Wildman–Crippen MR) is 91.5 cm³/mol. The maximum absolute atomic E-state index is 12.9. The van der Waals surface area contributed by atoms with Gasteiger partial charge in [-0.1, -0.05) is 0 Å². The van der Waals surface area contributed by atoms with Crippen LogP contribution in [0.3, 0.4) is 0 Å². The molecule has 2 aromatic carbocycles. The molecule has 0 radical (unpaired) electrons. The van der Waals surface area contributed by atoms with E-state index in [0.29, 0.717) is 12.1 Å². The molecular formula is C19H22FN2O2+. The summed E-state index contributed by atoms with van der Waals surface area (Å²) in [6.45, 7) is 4.12. The predicted octanol–water partition coefficient (Wildman–Crippen LogP) is 1.42. The lowest BCUT2D eigenvalue weighted by Crippen LogP contribution is -3.15. The zero-order valence-corrected chi connectivity index (χ0v) is 13.8. The van der Waals surface area contributed by atoms with Gasteiger partial charge in [-0.05, 0) is 48.5 Å². The van der Waals surface area contributed by atoms with Gasteiger partial charge in [0.2, 0.25) is 5.78 Å². The second kappa shape index (κ2) is 7.45. The number of hydrogen-bond donors (Lipinski definition) is 1. The number of piperazine rings is 1. The number of nitrogens with one attached hydrogen (secondary N) is 1. The van der Waals surface area contributed by atoms with Crippen LogP contribution >= 0.6 is 0 Å². The molecule has 0 saturated carbocycles. The number of methoxy groups -OCH3 is 1. The number of carbonyl (C=O) groups excluding carboxylic acids is 1. The molecule has 1 aliphatic heterocycles. The highest BCUT2D eigenvalue weighted by atomic mass is 19.1. The van der Waals surface area contributed by atoms with Crippen LogP contribution in [0.2, 0.25) is 0 Å². The zero-order valence-electron chi connectivity index (χ0n) is 13.8. The molecule has 3 rings (SSSR count). The second-order valence-corrected chi connectivity index (χ2v) is 6.04. The van der Waals surface area contributed by atoms with Crippen molar-refractivity contribution in [1.82, 2.24) is 0 Å². The Morgan fingerprint density at radius 2 is 1.71 bits per heavy atom. The normalized spacial score (nSPS) is 15.3. The molecule has 0 spiro atoms. The van der Waals surface area contributed by atoms with Gasteiger partial charge >= 0.3 is 0 Å². The van der Waals surface area contributed by atoms with Crippen LogP contribution in [0, 0.1) is 5.82 Å². The summed E-state index contributed by atoms with van der Waals surface area (Å²) in [5, 5.41) is 0. The third-order valence-corrected chi connectivity index (χ3v) is 4.48. The van der Waals surface area contributed by atoms with E-state index in [2.05, 4.69) is 17.0 Å². The Labute approximate surface area is 141 Å². The summed E-state index contributed by atoms with van der Waals surface area (Å²) in [4.78, 5) is 15.9. The summed E-state index contributed by atoms with van der Waals surface area (Å²) < 4.78 is 18.1. The molecule has 0 aromatic heterocycles. The molecule has 1 fully saturated rings. The van der Waals surface area contributed by atoms with Crippen LogP contribution in [0.15, 0.2) is 48.5 Å². The van der Waals surface area contributed by atoms with Crippen molar-refractivity contribution >= 4 is 11.5 Å². The number of quaternary nitrogens is 1. The summed E-state index contributed by atoms with van der Waals surface area (Å²) in [6.07, 6.45) is 0. The number of ketones is 1. The number of nitrogens with zero attached hydrogens (tertiary/aromatic N) is 1. The highest BCUT2D eigenvalue weighted by Gasteiger charge is 2.22. The summed E-state index contributed by atoms with van der Waals surface area (Å²) in [6, 6.07) is 13.9. The van der Waals surface area contributed by atoms with E-state index in [0.717, 1.165) is 31.9 Å². The maximum Gasteiger partial charge on any atom is 0.216 e. The van der Waals surface area contributed by atoms with Crippen LogP contribution in [0.5, 0.6) is 5.75 Å². The largest absolute Gasteiger partial charge is 0.497 e. The molecule has 24 heavy (non-hydrogen) atoms. The van der Waals surface area contributed by atoms with Gasteiger partial charge in [0.05, 0.1) is 33.3 Å². The highest BCUT2D eigenvalue weighted by molar-refractivity contribution is 5.96. The number of ether oxygens (including phenoxy) is 1. The summed E-state index contributed by atoms with van der Waals surface area (Å²) >= 11 is 0. The van der Waals surface area contributed by atoms with Crippen LogP contribution in [-0.4, -0.2) is 45.6 Å². The molecule has 0 bridgehead atoms. The van der Waals surface area contributed by atoms with Crippen LogP contribution in [0.1, 0.15) is 10.4 Å². The van der Waals surface area contributed by atoms with Gasteiger partial charge in [-0.3, -0.25) is 4.79 Å². The SMILES string of the molecule is COc1ccc(N2CC[NH+](CC(=O)c3ccc(F)cc3)CC2)cc1. The third-order valence-electron chi connectivity index (χ3n) is 4.48. The van der Waals surface area contributed by atoms with Crippen LogP contribution < -0.4 is 14.5 Å².